The van der Waals surface area contributed by atoms with Gasteiger partial charge in [0.25, 0.3) is 0 Å². The number of methoxy groups -OCH3 is 1. The van der Waals surface area contributed by atoms with Crippen LogP contribution in [0.3, 0.4) is 0 Å². The zero-order chi connectivity index (χ0) is 20.4. The van der Waals surface area contributed by atoms with Gasteiger partial charge in [0.1, 0.15) is 18.9 Å². The van der Waals surface area contributed by atoms with Crippen LogP contribution in [0, 0.1) is 15.9 Å². The van der Waals surface area contributed by atoms with E-state index in [0.29, 0.717) is 17.8 Å². The molecule has 1 atom stereocenters. The predicted molar refractivity (Wildman–Crippen MR) is 99.1 cm³/mol. The Hall–Kier alpha value is -3.53. The van der Waals surface area contributed by atoms with E-state index >= 15 is 0 Å². The highest BCUT2D eigenvalue weighted by atomic mass is 19.1. The summed E-state index contributed by atoms with van der Waals surface area (Å²) in [6.45, 7) is 0.837. The molecule has 1 aliphatic heterocycles. The number of fused-ring (bicyclic) bond motifs is 1. The van der Waals surface area contributed by atoms with Crippen molar-refractivity contribution in [3.63, 3.8) is 0 Å². The molecule has 0 radical (unpaired) electrons. The van der Waals surface area contributed by atoms with E-state index in [1.807, 2.05) is 6.07 Å². The van der Waals surface area contributed by atoms with Crippen LogP contribution in [0.5, 0.6) is 11.8 Å². The summed E-state index contributed by atoms with van der Waals surface area (Å²) in [6, 6.07) is 8.55. The second-order valence-electron chi connectivity index (χ2n) is 6.42. The minimum atomic E-state index is -0.567. The van der Waals surface area contributed by atoms with Gasteiger partial charge in [-0.3, -0.25) is 9.55 Å². The van der Waals surface area contributed by atoms with E-state index in [-0.39, 0.29) is 36.9 Å². The Balaban J connectivity index is 1.42. The van der Waals surface area contributed by atoms with E-state index in [1.54, 1.807) is 29.0 Å². The lowest BCUT2D eigenvalue weighted by molar-refractivity contribution is -0.389. The third-order valence-electron chi connectivity index (χ3n) is 4.48. The molecule has 1 aliphatic rings. The summed E-state index contributed by atoms with van der Waals surface area (Å²) in [4.78, 5) is 18.3. The molecule has 0 saturated carbocycles. The highest BCUT2D eigenvalue weighted by molar-refractivity contribution is 5.64. The monoisotopic (exact) mass is 400 g/mol. The van der Waals surface area contributed by atoms with Crippen molar-refractivity contribution < 1.29 is 23.5 Å². The summed E-state index contributed by atoms with van der Waals surface area (Å²) in [7, 11) is 1.42. The maximum absolute atomic E-state index is 14.0. The smallest absolute Gasteiger partial charge is 0.414 e. The Kier molecular flexibility index (Phi) is 5.09. The van der Waals surface area contributed by atoms with Crippen LogP contribution in [0.1, 0.15) is 5.69 Å². The summed E-state index contributed by atoms with van der Waals surface area (Å²) in [6.07, 6.45) is 2.65. The number of halogens is 1. The number of imidazole rings is 1. The number of hydrogen-bond acceptors (Lipinski definition) is 7. The molecule has 9 nitrogen and oxygen atoms in total. The Bertz CT molecular complexity index is 1050. The van der Waals surface area contributed by atoms with Crippen LogP contribution in [0.4, 0.5) is 10.2 Å². The third-order valence-corrected chi connectivity index (χ3v) is 4.48. The first-order valence-corrected chi connectivity index (χ1v) is 8.78. The minimum absolute atomic E-state index is 0.183. The second-order valence-corrected chi connectivity index (χ2v) is 6.42. The number of nitro groups is 1. The Morgan fingerprint density at radius 3 is 2.93 bits per heavy atom. The highest BCUT2D eigenvalue weighted by Crippen LogP contribution is 2.26. The van der Waals surface area contributed by atoms with Crippen LogP contribution < -0.4 is 9.47 Å². The summed E-state index contributed by atoms with van der Waals surface area (Å²) in [5.74, 6) is -0.520. The predicted octanol–water partition coefficient (Wildman–Crippen LogP) is 2.98. The molecule has 29 heavy (non-hydrogen) atoms. The van der Waals surface area contributed by atoms with Gasteiger partial charge < -0.3 is 24.3 Å². The third kappa shape index (κ3) is 4.02. The second kappa shape index (κ2) is 7.84. The van der Waals surface area contributed by atoms with Crippen LogP contribution in [0.15, 0.2) is 42.7 Å². The number of ether oxygens (including phenoxy) is 3. The molecule has 0 amide bonds. The van der Waals surface area contributed by atoms with E-state index in [9.17, 15) is 14.5 Å². The van der Waals surface area contributed by atoms with Crippen LogP contribution in [-0.2, 0) is 17.9 Å². The fourth-order valence-corrected chi connectivity index (χ4v) is 3.05. The van der Waals surface area contributed by atoms with Gasteiger partial charge >= 0.3 is 11.8 Å². The maximum Gasteiger partial charge on any atom is 0.414 e. The summed E-state index contributed by atoms with van der Waals surface area (Å²) in [5, 5.41) is 10.8. The van der Waals surface area contributed by atoms with Gasteiger partial charge in [0.15, 0.2) is 11.6 Å². The number of benzene rings is 1. The first-order valence-electron chi connectivity index (χ1n) is 8.78. The SMILES string of the molecule is COc1ccc(-c2ccnc(CO[C@@H]3COc4nc([N+](=O)[O-])cn4C3)c2)cc1F. The molecule has 10 heteroatoms. The van der Waals surface area contributed by atoms with Crippen molar-refractivity contribution in [1.29, 1.82) is 0 Å². The first kappa shape index (κ1) is 18.8. The van der Waals surface area contributed by atoms with E-state index in [4.69, 9.17) is 14.2 Å². The molecule has 0 spiro atoms. The van der Waals surface area contributed by atoms with Crippen molar-refractivity contribution in [2.45, 2.75) is 19.3 Å². The molecule has 0 aliphatic carbocycles. The fourth-order valence-electron chi connectivity index (χ4n) is 3.05. The van der Waals surface area contributed by atoms with Crippen molar-refractivity contribution >= 4 is 5.82 Å². The molecule has 0 saturated heterocycles. The van der Waals surface area contributed by atoms with Crippen molar-refractivity contribution in [3.8, 4) is 22.9 Å². The molecular formula is C19H17FN4O5. The van der Waals surface area contributed by atoms with Gasteiger partial charge in [0.05, 0.1) is 26.0 Å². The largest absolute Gasteiger partial charge is 0.494 e. The van der Waals surface area contributed by atoms with Gasteiger partial charge in [-0.15, -0.1) is 0 Å². The standard InChI is InChI=1S/C19H17FN4O5/c1-27-17-3-2-12(7-16(17)20)13-4-5-21-14(6-13)10-28-15-8-23-9-18(24(25)26)22-19(23)29-11-15/h2-7,9,15H,8,10-11H2,1H3/t15-/m0/s1. The van der Waals surface area contributed by atoms with Gasteiger partial charge in [-0.25, -0.2) is 4.39 Å². The van der Waals surface area contributed by atoms with E-state index in [2.05, 4.69) is 9.97 Å². The minimum Gasteiger partial charge on any atom is -0.494 e. The number of rotatable bonds is 6. The molecule has 1 aromatic carbocycles. The summed E-state index contributed by atoms with van der Waals surface area (Å²) >= 11 is 0. The Morgan fingerprint density at radius 1 is 1.34 bits per heavy atom. The highest BCUT2D eigenvalue weighted by Gasteiger charge is 2.28. The lowest BCUT2D eigenvalue weighted by Gasteiger charge is -2.22. The van der Waals surface area contributed by atoms with Crippen LogP contribution in [-0.4, -0.2) is 39.3 Å². The molecule has 2 aromatic heterocycles. The lowest BCUT2D eigenvalue weighted by Crippen LogP contribution is -2.32. The molecule has 3 aromatic rings. The molecule has 0 N–H and O–H groups in total. The number of aromatic nitrogens is 3. The zero-order valence-corrected chi connectivity index (χ0v) is 15.4. The maximum atomic E-state index is 14.0. The van der Waals surface area contributed by atoms with E-state index in [0.717, 1.165) is 5.56 Å². The molecule has 3 heterocycles. The Labute approximate surface area is 164 Å². The zero-order valence-electron chi connectivity index (χ0n) is 15.4. The molecule has 150 valence electrons. The Morgan fingerprint density at radius 2 is 2.17 bits per heavy atom. The van der Waals surface area contributed by atoms with Crippen molar-refractivity contribution in [1.82, 2.24) is 14.5 Å². The van der Waals surface area contributed by atoms with Crippen LogP contribution in [0.25, 0.3) is 11.1 Å². The summed E-state index contributed by atoms with van der Waals surface area (Å²) < 4.78 is 31.7. The fraction of sp³-hybridized carbons (Fsp3) is 0.263. The molecular weight excluding hydrogens is 383 g/mol. The van der Waals surface area contributed by atoms with Gasteiger partial charge in [0, 0.05) is 11.2 Å². The van der Waals surface area contributed by atoms with Crippen molar-refractivity contribution in [2.75, 3.05) is 13.7 Å². The summed E-state index contributed by atoms with van der Waals surface area (Å²) in [5.41, 5.74) is 2.16. The van der Waals surface area contributed by atoms with Gasteiger partial charge in [-0.1, -0.05) is 6.07 Å². The van der Waals surface area contributed by atoms with Crippen LogP contribution >= 0.6 is 0 Å². The molecule has 4 rings (SSSR count). The van der Waals surface area contributed by atoms with E-state index in [1.165, 1.54) is 19.4 Å². The van der Waals surface area contributed by atoms with Crippen molar-refractivity contribution in [3.05, 3.63) is 64.4 Å². The van der Waals surface area contributed by atoms with Gasteiger partial charge in [-0.05, 0) is 40.3 Å². The quantitative estimate of drug-likeness (QED) is 0.463. The average Bonchev–Trinajstić information content (AvgIpc) is 3.16. The lowest BCUT2D eigenvalue weighted by atomic mass is 10.1. The normalized spacial score (nSPS) is 15.4. The van der Waals surface area contributed by atoms with Crippen molar-refractivity contribution in [2.24, 2.45) is 0 Å². The van der Waals surface area contributed by atoms with Gasteiger partial charge in [0.2, 0.25) is 0 Å². The molecule has 0 unspecified atom stereocenters. The number of hydrogen-bond donors (Lipinski definition) is 0. The van der Waals surface area contributed by atoms with Gasteiger partial charge in [-0.2, -0.15) is 0 Å². The molecule has 0 bridgehead atoms. The topological polar surface area (TPSA) is 102 Å². The first-order chi connectivity index (χ1) is 14.0. The number of nitrogens with zero attached hydrogens (tertiary/aromatic N) is 4. The van der Waals surface area contributed by atoms with E-state index < -0.39 is 10.7 Å². The number of pyridine rings is 1. The average molecular weight is 400 g/mol. The molecule has 0 fully saturated rings. The van der Waals surface area contributed by atoms with Crippen LogP contribution in [0.2, 0.25) is 0 Å².